The van der Waals surface area contributed by atoms with Crippen molar-refractivity contribution in [2.75, 3.05) is 0 Å². The van der Waals surface area contributed by atoms with Gasteiger partial charge in [0.2, 0.25) is 0 Å². The van der Waals surface area contributed by atoms with Crippen LogP contribution in [0.15, 0.2) is 23.3 Å². The van der Waals surface area contributed by atoms with Gasteiger partial charge in [-0.25, -0.2) is 0 Å². The highest BCUT2D eigenvalue weighted by molar-refractivity contribution is 5.39. The molecule has 0 aliphatic heterocycles. The molecule has 3 N–H and O–H groups in total. The fraction of sp³-hybridized carbons (Fsp3) is 0.556. The van der Waals surface area contributed by atoms with Crippen molar-refractivity contribution >= 4 is 0 Å². The van der Waals surface area contributed by atoms with Crippen LogP contribution in [0.25, 0.3) is 0 Å². The highest BCUT2D eigenvalue weighted by atomic mass is 16.3. The normalized spacial score (nSPS) is 36.2. The molecule has 2 aliphatic rings. The van der Waals surface area contributed by atoms with E-state index in [0.29, 0.717) is 6.42 Å². The van der Waals surface area contributed by atoms with Gasteiger partial charge in [0, 0.05) is 0 Å². The molecule has 0 fully saturated rings. The second kappa shape index (κ2) is 2.19. The minimum absolute atomic E-state index is 0.696. The van der Waals surface area contributed by atoms with Crippen molar-refractivity contribution in [2.24, 2.45) is 5.73 Å². The van der Waals surface area contributed by atoms with E-state index in [1.54, 1.807) is 0 Å². The molecule has 1 unspecified atom stereocenters. The molecule has 1 atom stereocenters. The number of hydrogen-bond donors (Lipinski definition) is 2. The highest BCUT2D eigenvalue weighted by Crippen LogP contribution is 2.37. The first-order valence-corrected chi connectivity index (χ1v) is 4.10. The Bertz CT molecular complexity index is 238. The van der Waals surface area contributed by atoms with Crippen molar-refractivity contribution < 1.29 is 5.11 Å². The summed E-state index contributed by atoms with van der Waals surface area (Å²) in [5.41, 5.74) is 6.99. The van der Waals surface area contributed by atoms with Crippen molar-refractivity contribution in [3.63, 3.8) is 0 Å². The van der Waals surface area contributed by atoms with Crippen LogP contribution in [0.2, 0.25) is 0 Å². The number of aliphatic hydroxyl groups is 1. The van der Waals surface area contributed by atoms with E-state index in [4.69, 9.17) is 5.73 Å². The summed E-state index contributed by atoms with van der Waals surface area (Å²) in [5.74, 6) is 0. The zero-order chi connectivity index (χ0) is 7.90. The summed E-state index contributed by atoms with van der Waals surface area (Å²) in [4.78, 5) is 0. The Morgan fingerprint density at radius 3 is 3.00 bits per heavy atom. The van der Waals surface area contributed by atoms with Gasteiger partial charge in [-0.15, -0.1) is 0 Å². The Labute approximate surface area is 66.4 Å². The highest BCUT2D eigenvalue weighted by Gasteiger charge is 2.33. The molecular weight excluding hydrogens is 138 g/mol. The van der Waals surface area contributed by atoms with Crippen LogP contribution in [0.3, 0.4) is 0 Å². The molecule has 2 heteroatoms. The average molecular weight is 151 g/mol. The number of rotatable bonds is 0. The maximum atomic E-state index is 9.66. The molecule has 0 aromatic rings. The maximum absolute atomic E-state index is 9.66. The molecular formula is C9H13NO. The van der Waals surface area contributed by atoms with Crippen molar-refractivity contribution in [3.05, 3.63) is 23.3 Å². The van der Waals surface area contributed by atoms with E-state index < -0.39 is 5.72 Å². The molecule has 0 amide bonds. The predicted octanol–water partition coefficient (Wildman–Crippen LogP) is 1.07. The van der Waals surface area contributed by atoms with Crippen molar-refractivity contribution in [1.29, 1.82) is 0 Å². The second-order valence-corrected chi connectivity index (χ2v) is 3.38. The minimum Gasteiger partial charge on any atom is -0.372 e. The third-order valence-electron chi connectivity index (χ3n) is 2.55. The SMILES string of the molecule is NC1(O)CCC2=C1C=CCC2. The molecule has 0 saturated heterocycles. The molecule has 0 spiro atoms. The summed E-state index contributed by atoms with van der Waals surface area (Å²) >= 11 is 0. The van der Waals surface area contributed by atoms with E-state index in [9.17, 15) is 5.11 Å². The van der Waals surface area contributed by atoms with Crippen molar-refractivity contribution in [2.45, 2.75) is 31.4 Å². The fourth-order valence-electron chi connectivity index (χ4n) is 1.90. The monoisotopic (exact) mass is 151 g/mol. The van der Waals surface area contributed by atoms with Crippen LogP contribution in [0.4, 0.5) is 0 Å². The summed E-state index contributed by atoms with van der Waals surface area (Å²) in [6.07, 6.45) is 7.93. The molecule has 0 aromatic carbocycles. The van der Waals surface area contributed by atoms with Crippen LogP contribution in [-0.2, 0) is 0 Å². The first-order chi connectivity index (χ1) is 5.20. The zero-order valence-corrected chi connectivity index (χ0v) is 6.51. The van der Waals surface area contributed by atoms with Gasteiger partial charge in [-0.3, -0.25) is 5.73 Å². The summed E-state index contributed by atoms with van der Waals surface area (Å²) in [6, 6.07) is 0. The van der Waals surface area contributed by atoms with Crippen molar-refractivity contribution in [1.82, 2.24) is 0 Å². The van der Waals surface area contributed by atoms with Gasteiger partial charge in [0.1, 0.15) is 5.72 Å². The Kier molecular flexibility index (Phi) is 1.41. The smallest absolute Gasteiger partial charge is 0.139 e. The topological polar surface area (TPSA) is 46.2 Å². The van der Waals surface area contributed by atoms with Crippen LogP contribution in [0, 0.1) is 0 Å². The van der Waals surface area contributed by atoms with Crippen molar-refractivity contribution in [3.8, 4) is 0 Å². The molecule has 0 radical (unpaired) electrons. The molecule has 11 heavy (non-hydrogen) atoms. The van der Waals surface area contributed by atoms with Gasteiger partial charge >= 0.3 is 0 Å². The predicted molar refractivity (Wildman–Crippen MR) is 43.8 cm³/mol. The second-order valence-electron chi connectivity index (χ2n) is 3.38. The van der Waals surface area contributed by atoms with Crippen LogP contribution in [0.1, 0.15) is 25.7 Å². The number of hydrogen-bond acceptors (Lipinski definition) is 2. The molecule has 60 valence electrons. The quantitative estimate of drug-likeness (QED) is 0.509. The van der Waals surface area contributed by atoms with Crippen LogP contribution in [0.5, 0.6) is 0 Å². The van der Waals surface area contributed by atoms with Gasteiger partial charge in [-0.05, 0) is 31.3 Å². The van der Waals surface area contributed by atoms with Crippen LogP contribution in [-0.4, -0.2) is 10.8 Å². The van der Waals surface area contributed by atoms with Gasteiger partial charge in [0.25, 0.3) is 0 Å². The van der Waals surface area contributed by atoms with Gasteiger partial charge in [-0.1, -0.05) is 17.7 Å². The van der Waals surface area contributed by atoms with Gasteiger partial charge in [0.15, 0.2) is 0 Å². The molecule has 2 nitrogen and oxygen atoms in total. The molecule has 0 saturated carbocycles. The van der Waals surface area contributed by atoms with E-state index in [0.717, 1.165) is 24.8 Å². The Balaban J connectivity index is 2.37. The average Bonchev–Trinajstić information content (AvgIpc) is 2.29. The van der Waals surface area contributed by atoms with Crippen LogP contribution >= 0.6 is 0 Å². The largest absolute Gasteiger partial charge is 0.372 e. The third kappa shape index (κ3) is 1.03. The first kappa shape index (κ1) is 7.07. The zero-order valence-electron chi connectivity index (χ0n) is 6.51. The first-order valence-electron chi connectivity index (χ1n) is 4.10. The lowest BCUT2D eigenvalue weighted by atomic mass is 9.98. The lowest BCUT2D eigenvalue weighted by Crippen LogP contribution is -2.38. The van der Waals surface area contributed by atoms with E-state index in [2.05, 4.69) is 6.08 Å². The number of nitrogens with two attached hydrogens (primary N) is 1. The van der Waals surface area contributed by atoms with Gasteiger partial charge < -0.3 is 5.11 Å². The molecule has 2 aliphatic carbocycles. The molecule has 0 bridgehead atoms. The van der Waals surface area contributed by atoms with E-state index in [1.165, 1.54) is 5.57 Å². The van der Waals surface area contributed by atoms with Crippen LogP contribution < -0.4 is 5.73 Å². The summed E-state index contributed by atoms with van der Waals surface area (Å²) < 4.78 is 0. The van der Waals surface area contributed by atoms with E-state index in [-0.39, 0.29) is 0 Å². The third-order valence-corrected chi connectivity index (χ3v) is 2.55. The maximum Gasteiger partial charge on any atom is 0.139 e. The Morgan fingerprint density at radius 1 is 1.45 bits per heavy atom. The Morgan fingerprint density at radius 2 is 2.27 bits per heavy atom. The van der Waals surface area contributed by atoms with Gasteiger partial charge in [0.05, 0.1) is 0 Å². The van der Waals surface area contributed by atoms with Gasteiger partial charge in [-0.2, -0.15) is 0 Å². The number of allylic oxidation sites excluding steroid dienone is 2. The lowest BCUT2D eigenvalue weighted by Gasteiger charge is -2.20. The lowest BCUT2D eigenvalue weighted by molar-refractivity contribution is 0.0900. The summed E-state index contributed by atoms with van der Waals surface area (Å²) in [7, 11) is 0. The van der Waals surface area contributed by atoms with E-state index in [1.807, 2.05) is 6.08 Å². The molecule has 0 heterocycles. The fourth-order valence-corrected chi connectivity index (χ4v) is 1.90. The Hall–Kier alpha value is -0.600. The minimum atomic E-state index is -1.02. The van der Waals surface area contributed by atoms with E-state index >= 15 is 0 Å². The molecule has 0 aromatic heterocycles. The standard InChI is InChI=1S/C9H13NO/c10-9(11)6-5-7-3-1-2-4-8(7)9/h2,4,11H,1,3,5-6,10H2. The summed E-state index contributed by atoms with van der Waals surface area (Å²) in [5, 5.41) is 9.66. The summed E-state index contributed by atoms with van der Waals surface area (Å²) in [6.45, 7) is 0. The molecule has 2 rings (SSSR count).